The van der Waals surface area contributed by atoms with Gasteiger partial charge in [-0.2, -0.15) is 0 Å². The molecule has 1 N–H and O–H groups in total. The van der Waals surface area contributed by atoms with E-state index >= 15 is 0 Å². The molecule has 0 bridgehead atoms. The molecule has 26 heavy (non-hydrogen) atoms. The maximum atomic E-state index is 12.5. The zero-order chi connectivity index (χ0) is 18.7. The minimum absolute atomic E-state index is 0.113. The van der Waals surface area contributed by atoms with Gasteiger partial charge >= 0.3 is 0 Å². The highest BCUT2D eigenvalue weighted by Crippen LogP contribution is 2.17. The standard InChI is InChI=1S/C19H27N5OS/c1-13(2)5-7-23-8-6-18-22-16(12-24(18)10-9-23)19(25)20-11-17-14(3)21-15(4)26-17/h5,12H,6-11H2,1-4H3,(H,20,25). The summed E-state index contributed by atoms with van der Waals surface area (Å²) in [6, 6.07) is 0. The van der Waals surface area contributed by atoms with Gasteiger partial charge in [0, 0.05) is 43.7 Å². The highest BCUT2D eigenvalue weighted by Gasteiger charge is 2.18. The molecule has 0 atom stereocenters. The van der Waals surface area contributed by atoms with E-state index in [1.54, 1.807) is 11.3 Å². The first-order valence-electron chi connectivity index (χ1n) is 9.05. The van der Waals surface area contributed by atoms with E-state index in [9.17, 15) is 4.79 Å². The molecule has 2 aromatic rings. The van der Waals surface area contributed by atoms with Crippen LogP contribution in [-0.4, -0.2) is 45.0 Å². The van der Waals surface area contributed by atoms with Crippen molar-refractivity contribution in [2.75, 3.05) is 19.6 Å². The van der Waals surface area contributed by atoms with Gasteiger partial charge in [-0.15, -0.1) is 11.3 Å². The fourth-order valence-electron chi connectivity index (χ4n) is 3.06. The van der Waals surface area contributed by atoms with E-state index in [1.807, 2.05) is 20.0 Å². The van der Waals surface area contributed by atoms with E-state index in [0.717, 1.165) is 54.0 Å². The Morgan fingerprint density at radius 3 is 2.77 bits per heavy atom. The van der Waals surface area contributed by atoms with Crippen molar-refractivity contribution in [3.63, 3.8) is 0 Å². The number of aryl methyl sites for hydroxylation is 2. The van der Waals surface area contributed by atoms with Crippen LogP contribution in [0, 0.1) is 13.8 Å². The molecule has 0 spiro atoms. The van der Waals surface area contributed by atoms with Crippen molar-refractivity contribution in [3.8, 4) is 0 Å². The Morgan fingerprint density at radius 1 is 1.27 bits per heavy atom. The van der Waals surface area contributed by atoms with Gasteiger partial charge in [0.05, 0.1) is 17.2 Å². The van der Waals surface area contributed by atoms with Crippen LogP contribution in [0.1, 0.15) is 45.7 Å². The van der Waals surface area contributed by atoms with Gasteiger partial charge < -0.3 is 9.88 Å². The predicted octanol–water partition coefficient (Wildman–Crippen LogP) is 2.71. The number of carbonyl (C=O) groups excluding carboxylic acids is 1. The van der Waals surface area contributed by atoms with Crippen LogP contribution in [0.5, 0.6) is 0 Å². The van der Waals surface area contributed by atoms with Crippen LogP contribution in [0.4, 0.5) is 0 Å². The second-order valence-electron chi connectivity index (χ2n) is 6.99. The summed E-state index contributed by atoms with van der Waals surface area (Å²) in [5, 5.41) is 4.00. The number of carbonyl (C=O) groups is 1. The molecular weight excluding hydrogens is 346 g/mol. The Bertz CT molecular complexity index is 791. The third kappa shape index (κ3) is 4.59. The lowest BCUT2D eigenvalue weighted by Gasteiger charge is -2.17. The number of hydrogen-bond acceptors (Lipinski definition) is 5. The van der Waals surface area contributed by atoms with Crippen molar-refractivity contribution in [2.24, 2.45) is 0 Å². The topological polar surface area (TPSA) is 63.1 Å². The van der Waals surface area contributed by atoms with Crippen LogP contribution in [-0.2, 0) is 19.5 Å². The summed E-state index contributed by atoms with van der Waals surface area (Å²) in [5.41, 5.74) is 2.85. The lowest BCUT2D eigenvalue weighted by molar-refractivity contribution is 0.0946. The molecule has 0 unspecified atom stereocenters. The number of fused-ring (bicyclic) bond motifs is 1. The minimum Gasteiger partial charge on any atom is -0.346 e. The highest BCUT2D eigenvalue weighted by atomic mass is 32.1. The number of amides is 1. The van der Waals surface area contributed by atoms with Crippen molar-refractivity contribution in [1.82, 2.24) is 24.8 Å². The van der Waals surface area contributed by atoms with Crippen LogP contribution in [0.15, 0.2) is 17.8 Å². The molecule has 0 saturated carbocycles. The zero-order valence-corrected chi connectivity index (χ0v) is 16.8. The van der Waals surface area contributed by atoms with Crippen molar-refractivity contribution >= 4 is 17.2 Å². The quantitative estimate of drug-likeness (QED) is 0.819. The largest absolute Gasteiger partial charge is 0.346 e. The van der Waals surface area contributed by atoms with E-state index in [1.165, 1.54) is 5.57 Å². The fourth-order valence-corrected chi connectivity index (χ4v) is 3.94. The normalized spacial score (nSPS) is 14.6. The molecule has 1 aliphatic heterocycles. The number of rotatable bonds is 5. The zero-order valence-electron chi connectivity index (χ0n) is 16.0. The summed E-state index contributed by atoms with van der Waals surface area (Å²) < 4.78 is 2.12. The molecule has 140 valence electrons. The summed E-state index contributed by atoms with van der Waals surface area (Å²) in [4.78, 5) is 25.0. The molecule has 0 radical (unpaired) electrons. The first-order valence-corrected chi connectivity index (χ1v) is 9.87. The Hall–Kier alpha value is -1.99. The number of nitrogens with one attached hydrogen (secondary N) is 1. The lowest BCUT2D eigenvalue weighted by atomic mass is 10.3. The second-order valence-corrected chi connectivity index (χ2v) is 8.28. The van der Waals surface area contributed by atoms with Gasteiger partial charge in [0.2, 0.25) is 0 Å². The highest BCUT2D eigenvalue weighted by molar-refractivity contribution is 7.11. The van der Waals surface area contributed by atoms with Crippen LogP contribution in [0.3, 0.4) is 0 Å². The summed E-state index contributed by atoms with van der Waals surface area (Å²) in [5.74, 6) is 0.886. The Morgan fingerprint density at radius 2 is 2.08 bits per heavy atom. The molecule has 3 heterocycles. The average molecular weight is 374 g/mol. The molecule has 2 aromatic heterocycles. The van der Waals surface area contributed by atoms with Gasteiger partial charge in [-0.25, -0.2) is 9.97 Å². The predicted molar refractivity (Wildman–Crippen MR) is 105 cm³/mol. The number of hydrogen-bond donors (Lipinski definition) is 1. The third-order valence-electron chi connectivity index (χ3n) is 4.57. The van der Waals surface area contributed by atoms with Crippen LogP contribution < -0.4 is 5.32 Å². The molecule has 1 amide bonds. The number of nitrogens with zero attached hydrogens (tertiary/aromatic N) is 4. The molecule has 6 nitrogen and oxygen atoms in total. The van der Waals surface area contributed by atoms with Gasteiger partial charge in [0.1, 0.15) is 11.5 Å². The summed E-state index contributed by atoms with van der Waals surface area (Å²) in [7, 11) is 0. The third-order valence-corrected chi connectivity index (χ3v) is 5.64. The van der Waals surface area contributed by atoms with Gasteiger partial charge in [0.25, 0.3) is 5.91 Å². The van der Waals surface area contributed by atoms with Crippen molar-refractivity contribution in [2.45, 2.75) is 47.2 Å². The Balaban J connectivity index is 1.59. The van der Waals surface area contributed by atoms with Crippen LogP contribution in [0.25, 0.3) is 0 Å². The molecule has 3 rings (SSSR count). The maximum Gasteiger partial charge on any atom is 0.271 e. The Kier molecular flexibility index (Phi) is 5.88. The SMILES string of the molecule is CC(C)=CCN1CCc2nc(C(=O)NCc3sc(C)nc3C)cn2CC1. The molecule has 0 saturated heterocycles. The number of imidazole rings is 1. The van der Waals surface area contributed by atoms with Gasteiger partial charge in [-0.05, 0) is 27.7 Å². The van der Waals surface area contributed by atoms with Gasteiger partial charge in [-0.3, -0.25) is 9.69 Å². The lowest BCUT2D eigenvalue weighted by Crippen LogP contribution is -2.27. The van der Waals surface area contributed by atoms with E-state index in [0.29, 0.717) is 12.2 Å². The summed E-state index contributed by atoms with van der Waals surface area (Å²) in [6.45, 7) is 12.5. The monoisotopic (exact) mass is 373 g/mol. The van der Waals surface area contributed by atoms with E-state index in [-0.39, 0.29) is 5.91 Å². The number of allylic oxidation sites excluding steroid dienone is 1. The van der Waals surface area contributed by atoms with Crippen molar-refractivity contribution in [1.29, 1.82) is 0 Å². The molecule has 7 heteroatoms. The smallest absolute Gasteiger partial charge is 0.271 e. The minimum atomic E-state index is -0.113. The van der Waals surface area contributed by atoms with E-state index < -0.39 is 0 Å². The van der Waals surface area contributed by atoms with E-state index in [2.05, 4.69) is 44.7 Å². The van der Waals surface area contributed by atoms with E-state index in [4.69, 9.17) is 0 Å². The summed E-state index contributed by atoms with van der Waals surface area (Å²) in [6.07, 6.45) is 5.02. The van der Waals surface area contributed by atoms with Crippen molar-refractivity contribution in [3.05, 3.63) is 44.9 Å². The number of thiazole rings is 1. The fraction of sp³-hybridized carbons (Fsp3) is 0.526. The average Bonchev–Trinajstić information content (AvgIpc) is 3.08. The van der Waals surface area contributed by atoms with Crippen LogP contribution in [0.2, 0.25) is 0 Å². The first-order chi connectivity index (χ1) is 12.4. The first kappa shape index (κ1) is 18.8. The summed E-state index contributed by atoms with van der Waals surface area (Å²) >= 11 is 1.63. The molecule has 0 fully saturated rings. The molecular formula is C19H27N5OS. The number of aromatic nitrogens is 3. The maximum absolute atomic E-state index is 12.5. The van der Waals surface area contributed by atoms with Gasteiger partial charge in [0.15, 0.2) is 0 Å². The molecule has 1 aliphatic rings. The van der Waals surface area contributed by atoms with Crippen LogP contribution >= 0.6 is 11.3 Å². The molecule has 0 aromatic carbocycles. The second kappa shape index (κ2) is 8.14. The Labute approximate surface area is 159 Å². The van der Waals surface area contributed by atoms with Crippen molar-refractivity contribution < 1.29 is 4.79 Å². The van der Waals surface area contributed by atoms with Gasteiger partial charge in [-0.1, -0.05) is 11.6 Å². The molecule has 0 aliphatic carbocycles.